The molecule has 0 aliphatic rings. The van der Waals surface area contributed by atoms with Crippen LogP contribution in [0.5, 0.6) is 0 Å². The second-order valence-corrected chi connectivity index (χ2v) is 12.3. The lowest BCUT2D eigenvalue weighted by molar-refractivity contribution is 0.674. The molecule has 0 fully saturated rings. The molecule has 10 rings (SSSR count). The number of rotatable bonds is 3. The monoisotopic (exact) mass is 624 g/mol. The van der Waals surface area contributed by atoms with Crippen LogP contribution in [-0.4, -0.2) is 9.13 Å². The van der Waals surface area contributed by atoms with Crippen molar-refractivity contribution in [1.29, 1.82) is 10.5 Å². The second kappa shape index (κ2) is 10.2. The predicted octanol–water partition coefficient (Wildman–Crippen LogP) is 11.2. The molecule has 3 heterocycles. The van der Waals surface area contributed by atoms with Gasteiger partial charge in [-0.05, 0) is 66.7 Å². The molecule has 5 heteroatoms. The van der Waals surface area contributed by atoms with E-state index in [2.05, 4.69) is 112 Å². The highest BCUT2D eigenvalue weighted by atomic mass is 16.3. The molecule has 0 bridgehead atoms. The van der Waals surface area contributed by atoms with Gasteiger partial charge in [-0.2, -0.15) is 10.5 Å². The molecule has 0 amide bonds. The quantitative estimate of drug-likeness (QED) is 0.196. The summed E-state index contributed by atoms with van der Waals surface area (Å²) in [5.74, 6) is 0. The first-order chi connectivity index (χ1) is 24.2. The van der Waals surface area contributed by atoms with Crippen LogP contribution < -0.4 is 0 Å². The van der Waals surface area contributed by atoms with Gasteiger partial charge in [0.05, 0.1) is 56.4 Å². The van der Waals surface area contributed by atoms with E-state index in [1.165, 1.54) is 0 Å². The number of hydrogen-bond acceptors (Lipinski definition) is 3. The number of furan rings is 1. The first-order valence-electron chi connectivity index (χ1n) is 16.1. The third kappa shape index (κ3) is 3.73. The third-order valence-corrected chi connectivity index (χ3v) is 9.79. The minimum atomic E-state index is 0.552. The summed E-state index contributed by atoms with van der Waals surface area (Å²) >= 11 is 0. The Morgan fingerprint density at radius 2 is 1.14 bits per heavy atom. The molecule has 0 aliphatic heterocycles. The van der Waals surface area contributed by atoms with E-state index in [0.717, 1.165) is 88.1 Å². The van der Waals surface area contributed by atoms with Crippen LogP contribution in [0.15, 0.2) is 150 Å². The molecule has 5 nitrogen and oxygen atoms in total. The smallest absolute Gasteiger partial charge is 0.145 e. The first-order valence-corrected chi connectivity index (χ1v) is 16.1. The first kappa shape index (κ1) is 27.1. The van der Waals surface area contributed by atoms with Crippen LogP contribution in [0, 0.1) is 22.7 Å². The van der Waals surface area contributed by atoms with Crippen molar-refractivity contribution in [3.05, 3.63) is 157 Å². The van der Waals surface area contributed by atoms with Gasteiger partial charge in [0, 0.05) is 43.7 Å². The van der Waals surface area contributed by atoms with Gasteiger partial charge in [0.1, 0.15) is 11.2 Å². The van der Waals surface area contributed by atoms with Gasteiger partial charge in [0.15, 0.2) is 0 Å². The highest BCUT2D eigenvalue weighted by Crippen LogP contribution is 2.45. The van der Waals surface area contributed by atoms with E-state index in [9.17, 15) is 10.5 Å². The zero-order valence-corrected chi connectivity index (χ0v) is 26.1. The Morgan fingerprint density at radius 3 is 1.96 bits per heavy atom. The summed E-state index contributed by atoms with van der Waals surface area (Å²) < 4.78 is 11.5. The Labute approximate surface area is 280 Å². The third-order valence-electron chi connectivity index (χ3n) is 9.79. The lowest BCUT2D eigenvalue weighted by Crippen LogP contribution is -1.99. The molecule has 0 saturated carbocycles. The Morgan fingerprint density at radius 1 is 0.469 bits per heavy atom. The van der Waals surface area contributed by atoms with Crippen molar-refractivity contribution in [3.8, 4) is 34.6 Å². The molecule has 226 valence electrons. The van der Waals surface area contributed by atoms with Crippen molar-refractivity contribution < 1.29 is 4.42 Å². The zero-order valence-electron chi connectivity index (χ0n) is 26.1. The second-order valence-electron chi connectivity index (χ2n) is 12.3. The lowest BCUT2D eigenvalue weighted by atomic mass is 9.96. The lowest BCUT2D eigenvalue weighted by Gasteiger charge is -2.15. The molecule has 0 unspecified atom stereocenters. The summed E-state index contributed by atoms with van der Waals surface area (Å²) in [4.78, 5) is 0. The number of para-hydroxylation sites is 4. The van der Waals surface area contributed by atoms with Gasteiger partial charge in [-0.15, -0.1) is 0 Å². The van der Waals surface area contributed by atoms with Crippen molar-refractivity contribution in [2.24, 2.45) is 0 Å². The molecule has 0 aliphatic carbocycles. The molecule has 10 aromatic rings. The van der Waals surface area contributed by atoms with E-state index in [1.54, 1.807) is 0 Å². The Bertz CT molecular complexity index is 3070. The summed E-state index contributed by atoms with van der Waals surface area (Å²) in [5, 5.41) is 26.5. The van der Waals surface area contributed by atoms with E-state index < -0.39 is 0 Å². The van der Waals surface area contributed by atoms with Gasteiger partial charge in [-0.3, -0.25) is 0 Å². The van der Waals surface area contributed by atoms with Gasteiger partial charge in [-0.25, -0.2) is 0 Å². The average molecular weight is 625 g/mol. The van der Waals surface area contributed by atoms with E-state index in [0.29, 0.717) is 11.1 Å². The van der Waals surface area contributed by atoms with Gasteiger partial charge in [-0.1, -0.05) is 78.9 Å². The minimum absolute atomic E-state index is 0.552. The maximum atomic E-state index is 10.6. The van der Waals surface area contributed by atoms with Crippen LogP contribution in [0.25, 0.3) is 88.1 Å². The predicted molar refractivity (Wildman–Crippen MR) is 197 cm³/mol. The molecule has 0 N–H and O–H groups in total. The topological polar surface area (TPSA) is 70.6 Å². The fraction of sp³-hybridized carbons (Fsp3) is 0. The van der Waals surface area contributed by atoms with Gasteiger partial charge in [0.25, 0.3) is 0 Å². The van der Waals surface area contributed by atoms with Gasteiger partial charge in [0.2, 0.25) is 0 Å². The van der Waals surface area contributed by atoms with Crippen LogP contribution >= 0.6 is 0 Å². The van der Waals surface area contributed by atoms with Crippen LogP contribution in [0.3, 0.4) is 0 Å². The van der Waals surface area contributed by atoms with Crippen molar-refractivity contribution in [2.45, 2.75) is 0 Å². The summed E-state index contributed by atoms with van der Waals surface area (Å²) in [5.41, 5.74) is 10.5. The summed E-state index contributed by atoms with van der Waals surface area (Å²) in [6.07, 6.45) is 0. The normalized spacial score (nSPS) is 11.6. The van der Waals surface area contributed by atoms with Gasteiger partial charge < -0.3 is 13.6 Å². The molecular formula is C44H24N4O. The van der Waals surface area contributed by atoms with E-state index >= 15 is 0 Å². The molecule has 0 atom stereocenters. The number of nitriles is 2. The SMILES string of the molecule is N#Cc1ccc2c(c1)c1ccccc1n2-c1cccc(C#N)c1-c1cccc2c1oc1c2ccc2c1c1ccccc1n2-c1ccccc1. The van der Waals surface area contributed by atoms with E-state index in [4.69, 9.17) is 4.42 Å². The van der Waals surface area contributed by atoms with Crippen LogP contribution in [0.4, 0.5) is 0 Å². The zero-order chi connectivity index (χ0) is 32.6. The summed E-state index contributed by atoms with van der Waals surface area (Å²) in [7, 11) is 0. The fourth-order valence-electron chi connectivity index (χ4n) is 7.76. The Hall–Kier alpha value is -7.08. The average Bonchev–Trinajstić information content (AvgIpc) is 3.82. The van der Waals surface area contributed by atoms with Crippen LogP contribution in [0.2, 0.25) is 0 Å². The van der Waals surface area contributed by atoms with Crippen LogP contribution in [0.1, 0.15) is 11.1 Å². The number of fused-ring (bicyclic) bond motifs is 10. The molecule has 0 spiro atoms. The highest BCUT2D eigenvalue weighted by molar-refractivity contribution is 6.25. The minimum Gasteiger partial charge on any atom is -0.455 e. The Kier molecular flexibility index (Phi) is 5.64. The summed E-state index contributed by atoms with van der Waals surface area (Å²) in [6.45, 7) is 0. The molecule has 0 saturated heterocycles. The molecule has 49 heavy (non-hydrogen) atoms. The van der Waals surface area contributed by atoms with Crippen LogP contribution in [-0.2, 0) is 0 Å². The van der Waals surface area contributed by atoms with Crippen molar-refractivity contribution >= 4 is 65.6 Å². The van der Waals surface area contributed by atoms with Gasteiger partial charge >= 0.3 is 0 Å². The number of aromatic nitrogens is 2. The van der Waals surface area contributed by atoms with E-state index in [1.807, 2.05) is 54.6 Å². The molecule has 3 aromatic heterocycles. The number of nitrogens with zero attached hydrogens (tertiary/aromatic N) is 4. The Balaban J connectivity index is 1.31. The van der Waals surface area contributed by atoms with Crippen molar-refractivity contribution in [1.82, 2.24) is 9.13 Å². The van der Waals surface area contributed by atoms with Crippen molar-refractivity contribution in [3.63, 3.8) is 0 Å². The fourth-order valence-corrected chi connectivity index (χ4v) is 7.76. The standard InChI is InChI=1S/C44H24N4O/c45-25-27-20-22-38-35(24-27)30-13-4-6-17-36(30)48(38)39-19-8-10-28(26-46)41(39)34-16-9-15-31-32-21-23-40-42(44(32)49-43(31)34)33-14-5-7-18-37(33)47(40)29-11-2-1-3-12-29/h1-24H. The largest absolute Gasteiger partial charge is 0.455 e. The maximum absolute atomic E-state index is 10.6. The summed E-state index contributed by atoms with van der Waals surface area (Å²) in [6, 6.07) is 54.1. The van der Waals surface area contributed by atoms with Crippen molar-refractivity contribution in [2.75, 3.05) is 0 Å². The number of hydrogen-bond donors (Lipinski definition) is 0. The molecular weight excluding hydrogens is 601 g/mol. The molecule has 7 aromatic carbocycles. The highest BCUT2D eigenvalue weighted by Gasteiger charge is 2.23. The van der Waals surface area contributed by atoms with E-state index in [-0.39, 0.29) is 0 Å². The molecule has 0 radical (unpaired) electrons. The number of benzene rings is 7. The maximum Gasteiger partial charge on any atom is 0.145 e.